The lowest BCUT2D eigenvalue weighted by molar-refractivity contribution is 0.301. The van der Waals surface area contributed by atoms with Crippen molar-refractivity contribution in [2.24, 2.45) is 0 Å². The molecule has 0 aliphatic rings. The smallest absolute Gasteiger partial charge is 0.265 e. The summed E-state index contributed by atoms with van der Waals surface area (Å²) in [6, 6.07) is 3.25. The zero-order valence-electron chi connectivity index (χ0n) is 8.74. The van der Waals surface area contributed by atoms with Crippen molar-refractivity contribution in [1.29, 1.82) is 0 Å². The first-order valence-corrected chi connectivity index (χ1v) is 7.13. The topological polar surface area (TPSA) is 43.4 Å². The van der Waals surface area contributed by atoms with Gasteiger partial charge in [0.2, 0.25) is 0 Å². The van der Waals surface area contributed by atoms with Gasteiger partial charge in [0.05, 0.1) is 6.61 Å². The summed E-state index contributed by atoms with van der Waals surface area (Å²) in [5.74, 6) is -0.577. The van der Waals surface area contributed by atoms with Gasteiger partial charge in [0.25, 0.3) is 9.05 Å². The molecule has 0 spiro atoms. The van der Waals surface area contributed by atoms with E-state index in [1.807, 2.05) is 6.92 Å². The second-order valence-electron chi connectivity index (χ2n) is 3.23. The average Bonchev–Trinajstić information content (AvgIpc) is 2.19. The molecule has 90 valence electrons. The highest BCUT2D eigenvalue weighted by Crippen LogP contribution is 2.27. The molecule has 3 nitrogen and oxygen atoms in total. The maximum absolute atomic E-state index is 12.9. The highest BCUT2D eigenvalue weighted by molar-refractivity contribution is 8.13. The highest BCUT2D eigenvalue weighted by Gasteiger charge is 2.17. The third-order valence-corrected chi connectivity index (χ3v) is 3.27. The van der Waals surface area contributed by atoms with Crippen LogP contribution in [0.5, 0.6) is 5.75 Å². The molecule has 0 radical (unpaired) electrons. The lowest BCUT2D eigenvalue weighted by atomic mass is 10.3. The Labute approximate surface area is 98.6 Å². The molecule has 6 heteroatoms. The quantitative estimate of drug-likeness (QED) is 0.608. The van der Waals surface area contributed by atoms with E-state index in [1.165, 1.54) is 6.07 Å². The van der Waals surface area contributed by atoms with E-state index in [1.54, 1.807) is 0 Å². The van der Waals surface area contributed by atoms with Gasteiger partial charge in [0.1, 0.15) is 16.5 Å². The average molecular weight is 267 g/mol. The fraction of sp³-hybridized carbons (Fsp3) is 0.400. The van der Waals surface area contributed by atoms with Crippen LogP contribution in [0.3, 0.4) is 0 Å². The minimum Gasteiger partial charge on any atom is -0.492 e. The van der Waals surface area contributed by atoms with E-state index in [4.69, 9.17) is 15.4 Å². The molecule has 0 aliphatic heterocycles. The molecule has 0 aliphatic carbocycles. The Morgan fingerprint density at radius 2 is 2.12 bits per heavy atom. The SMILES string of the molecule is CCCCOc1ccc(F)cc1S(=O)(=O)Cl. The van der Waals surface area contributed by atoms with Crippen LogP contribution in [-0.2, 0) is 9.05 Å². The fourth-order valence-corrected chi connectivity index (χ4v) is 2.10. The zero-order valence-corrected chi connectivity index (χ0v) is 10.3. The molecule has 1 aromatic rings. The van der Waals surface area contributed by atoms with Gasteiger partial charge >= 0.3 is 0 Å². The van der Waals surface area contributed by atoms with Gasteiger partial charge in [-0.25, -0.2) is 12.8 Å². The molecule has 1 aromatic carbocycles. The monoisotopic (exact) mass is 266 g/mol. The maximum Gasteiger partial charge on any atom is 0.265 e. The first kappa shape index (κ1) is 13.3. The van der Waals surface area contributed by atoms with Crippen molar-refractivity contribution >= 4 is 19.7 Å². The van der Waals surface area contributed by atoms with E-state index in [0.717, 1.165) is 25.0 Å². The second-order valence-corrected chi connectivity index (χ2v) is 5.77. The van der Waals surface area contributed by atoms with Gasteiger partial charge in [-0.05, 0) is 24.6 Å². The summed E-state index contributed by atoms with van der Waals surface area (Å²) in [6.07, 6.45) is 1.71. The van der Waals surface area contributed by atoms with Crippen LogP contribution in [0.4, 0.5) is 4.39 Å². The highest BCUT2D eigenvalue weighted by atomic mass is 35.7. The first-order valence-electron chi connectivity index (χ1n) is 4.82. The van der Waals surface area contributed by atoms with Crippen LogP contribution in [0.15, 0.2) is 23.1 Å². The largest absolute Gasteiger partial charge is 0.492 e. The molecule has 0 saturated heterocycles. The van der Waals surface area contributed by atoms with Crippen molar-refractivity contribution in [1.82, 2.24) is 0 Å². The van der Waals surface area contributed by atoms with Gasteiger partial charge in [-0.3, -0.25) is 0 Å². The van der Waals surface area contributed by atoms with E-state index in [0.29, 0.717) is 6.61 Å². The first-order chi connectivity index (χ1) is 7.45. The number of hydrogen-bond donors (Lipinski definition) is 0. The Kier molecular flexibility index (Phi) is 4.56. The summed E-state index contributed by atoms with van der Waals surface area (Å²) in [6.45, 7) is 2.36. The summed E-state index contributed by atoms with van der Waals surface area (Å²) < 4.78 is 40.4. The Balaban J connectivity index is 2.99. The molecule has 0 aromatic heterocycles. The van der Waals surface area contributed by atoms with E-state index < -0.39 is 14.9 Å². The third kappa shape index (κ3) is 3.64. The summed E-state index contributed by atoms with van der Waals surface area (Å²) in [4.78, 5) is -0.328. The molecule has 0 amide bonds. The summed E-state index contributed by atoms with van der Waals surface area (Å²) in [5.41, 5.74) is 0. The van der Waals surface area contributed by atoms with Crippen LogP contribution in [0.1, 0.15) is 19.8 Å². The predicted molar refractivity (Wildman–Crippen MR) is 59.8 cm³/mol. The van der Waals surface area contributed by atoms with E-state index in [-0.39, 0.29) is 10.6 Å². The molecule has 0 N–H and O–H groups in total. The molecule has 0 bridgehead atoms. The summed E-state index contributed by atoms with van der Waals surface area (Å²) in [5, 5.41) is 0. The molecule has 0 fully saturated rings. The normalized spacial score (nSPS) is 11.4. The number of hydrogen-bond acceptors (Lipinski definition) is 3. The number of unbranched alkanes of at least 4 members (excludes halogenated alkanes) is 1. The Morgan fingerprint density at radius 1 is 1.44 bits per heavy atom. The summed E-state index contributed by atoms with van der Waals surface area (Å²) in [7, 11) is 1.19. The van der Waals surface area contributed by atoms with E-state index >= 15 is 0 Å². The van der Waals surface area contributed by atoms with Gasteiger partial charge in [-0.1, -0.05) is 13.3 Å². The molecule has 1 rings (SSSR count). The predicted octanol–water partition coefficient (Wildman–Crippen LogP) is 2.93. The van der Waals surface area contributed by atoms with Crippen molar-refractivity contribution < 1.29 is 17.5 Å². The van der Waals surface area contributed by atoms with Crippen LogP contribution in [-0.4, -0.2) is 15.0 Å². The molecular formula is C10H12ClFO3S. The number of rotatable bonds is 5. The second kappa shape index (κ2) is 5.50. The van der Waals surface area contributed by atoms with Crippen LogP contribution in [0.2, 0.25) is 0 Å². The number of ether oxygens (including phenoxy) is 1. The Hall–Kier alpha value is -0.810. The van der Waals surface area contributed by atoms with E-state index in [9.17, 15) is 12.8 Å². The Morgan fingerprint density at radius 3 is 2.69 bits per heavy atom. The summed E-state index contributed by atoms with van der Waals surface area (Å²) >= 11 is 0. The molecular weight excluding hydrogens is 255 g/mol. The van der Waals surface area contributed by atoms with Crippen LogP contribution in [0.25, 0.3) is 0 Å². The van der Waals surface area contributed by atoms with Gasteiger partial charge < -0.3 is 4.74 Å². The molecule has 0 atom stereocenters. The fourth-order valence-electron chi connectivity index (χ4n) is 1.12. The van der Waals surface area contributed by atoms with Gasteiger partial charge in [0.15, 0.2) is 0 Å². The van der Waals surface area contributed by atoms with Crippen molar-refractivity contribution in [3.05, 3.63) is 24.0 Å². The Bertz CT molecular complexity index is 459. The standard InChI is InChI=1S/C10H12ClFO3S/c1-2-3-6-15-9-5-4-8(12)7-10(9)16(11,13)14/h4-5,7H,2-3,6H2,1H3. The van der Waals surface area contributed by atoms with Crippen molar-refractivity contribution in [2.45, 2.75) is 24.7 Å². The van der Waals surface area contributed by atoms with Gasteiger partial charge in [-0.15, -0.1) is 0 Å². The lowest BCUT2D eigenvalue weighted by Crippen LogP contribution is -2.02. The van der Waals surface area contributed by atoms with Crippen LogP contribution < -0.4 is 4.74 Å². The van der Waals surface area contributed by atoms with Gasteiger partial charge in [0, 0.05) is 10.7 Å². The van der Waals surface area contributed by atoms with Crippen molar-refractivity contribution in [3.63, 3.8) is 0 Å². The van der Waals surface area contributed by atoms with Crippen LogP contribution in [0, 0.1) is 5.82 Å². The zero-order chi connectivity index (χ0) is 12.2. The maximum atomic E-state index is 12.9. The third-order valence-electron chi connectivity index (χ3n) is 1.92. The number of halogens is 2. The van der Waals surface area contributed by atoms with Crippen molar-refractivity contribution in [3.8, 4) is 5.75 Å². The molecule has 0 heterocycles. The molecule has 16 heavy (non-hydrogen) atoms. The lowest BCUT2D eigenvalue weighted by Gasteiger charge is -2.08. The number of benzene rings is 1. The van der Waals surface area contributed by atoms with Crippen molar-refractivity contribution in [2.75, 3.05) is 6.61 Å². The van der Waals surface area contributed by atoms with Gasteiger partial charge in [-0.2, -0.15) is 0 Å². The molecule has 0 unspecified atom stereocenters. The molecule has 0 saturated carbocycles. The van der Waals surface area contributed by atoms with E-state index in [2.05, 4.69) is 0 Å². The minimum absolute atomic E-state index is 0.0878. The van der Waals surface area contributed by atoms with Crippen LogP contribution >= 0.6 is 10.7 Å². The minimum atomic E-state index is -3.99.